The van der Waals surface area contributed by atoms with Gasteiger partial charge in [0.1, 0.15) is 0 Å². The molecule has 5 nitrogen and oxygen atoms in total. The summed E-state index contributed by atoms with van der Waals surface area (Å²) in [7, 11) is 1.85. The fourth-order valence-corrected chi connectivity index (χ4v) is 2.36. The van der Waals surface area contributed by atoms with Crippen LogP contribution < -0.4 is 5.32 Å². The lowest BCUT2D eigenvalue weighted by molar-refractivity contribution is 0.663. The van der Waals surface area contributed by atoms with Crippen LogP contribution in [0.1, 0.15) is 11.1 Å². The van der Waals surface area contributed by atoms with Crippen molar-refractivity contribution >= 4 is 11.8 Å². The molecule has 0 bridgehead atoms. The highest BCUT2D eigenvalue weighted by atomic mass is 32.2. The number of hydrogen-bond donors (Lipinski definition) is 1. The van der Waals surface area contributed by atoms with Crippen LogP contribution >= 0.6 is 11.8 Å². The van der Waals surface area contributed by atoms with Gasteiger partial charge in [-0.05, 0) is 22.9 Å². The number of aryl methyl sites for hydroxylation is 2. The van der Waals surface area contributed by atoms with Gasteiger partial charge >= 0.3 is 0 Å². The summed E-state index contributed by atoms with van der Waals surface area (Å²) in [6.07, 6.45) is 0. The fraction of sp³-hybridized carbons (Fsp3) is 0.417. The lowest BCUT2D eigenvalue weighted by atomic mass is 10.1. The Balaban J connectivity index is 1.66. The lowest BCUT2D eigenvalue weighted by Gasteiger charge is -2.05. The molecular weight excluding hydrogens is 246 g/mol. The average Bonchev–Trinajstić information content (AvgIpc) is 2.75. The number of thioether (sulfide) groups is 1. The molecule has 0 radical (unpaired) electrons. The molecule has 1 heterocycles. The van der Waals surface area contributed by atoms with Crippen molar-refractivity contribution in [3.63, 3.8) is 0 Å². The average molecular weight is 263 g/mol. The summed E-state index contributed by atoms with van der Waals surface area (Å²) in [4.78, 5) is 0. The van der Waals surface area contributed by atoms with E-state index in [2.05, 4.69) is 52.0 Å². The highest BCUT2D eigenvalue weighted by Crippen LogP contribution is 2.10. The van der Waals surface area contributed by atoms with Crippen LogP contribution in [0.5, 0.6) is 0 Å². The number of hydrogen-bond acceptors (Lipinski definition) is 5. The third-order valence-electron chi connectivity index (χ3n) is 2.50. The van der Waals surface area contributed by atoms with E-state index in [4.69, 9.17) is 0 Å². The highest BCUT2D eigenvalue weighted by Gasteiger charge is 2.01. The Hall–Kier alpha value is -1.40. The molecule has 2 aromatic rings. The largest absolute Gasteiger partial charge is 0.312 e. The molecule has 0 unspecified atom stereocenters. The maximum atomic E-state index is 3.92. The van der Waals surface area contributed by atoms with Gasteiger partial charge in [-0.15, -0.1) is 5.10 Å². The molecule has 0 atom stereocenters. The molecule has 1 N–H and O–H groups in total. The van der Waals surface area contributed by atoms with Crippen molar-refractivity contribution in [1.82, 2.24) is 25.5 Å². The zero-order valence-corrected chi connectivity index (χ0v) is 11.4. The lowest BCUT2D eigenvalue weighted by Crippen LogP contribution is -2.16. The van der Waals surface area contributed by atoms with Gasteiger partial charge < -0.3 is 5.32 Å². The van der Waals surface area contributed by atoms with E-state index < -0.39 is 0 Å². The zero-order valence-electron chi connectivity index (χ0n) is 10.6. The molecule has 0 saturated heterocycles. The molecule has 96 valence electrons. The van der Waals surface area contributed by atoms with Crippen LogP contribution in [0, 0.1) is 6.92 Å². The minimum Gasteiger partial charge on any atom is -0.312 e. The monoisotopic (exact) mass is 263 g/mol. The van der Waals surface area contributed by atoms with Gasteiger partial charge in [-0.1, -0.05) is 41.6 Å². The Morgan fingerprint density at radius 3 is 3.00 bits per heavy atom. The van der Waals surface area contributed by atoms with E-state index in [1.54, 1.807) is 16.4 Å². The molecule has 18 heavy (non-hydrogen) atoms. The van der Waals surface area contributed by atoms with Crippen LogP contribution in [-0.2, 0) is 13.6 Å². The van der Waals surface area contributed by atoms with Crippen molar-refractivity contribution in [3.8, 4) is 0 Å². The molecule has 2 rings (SSSR count). The van der Waals surface area contributed by atoms with Gasteiger partial charge in [0.05, 0.1) is 0 Å². The molecule has 0 spiro atoms. The van der Waals surface area contributed by atoms with E-state index >= 15 is 0 Å². The van der Waals surface area contributed by atoms with Crippen molar-refractivity contribution < 1.29 is 0 Å². The van der Waals surface area contributed by atoms with E-state index in [0.29, 0.717) is 0 Å². The third kappa shape index (κ3) is 3.82. The normalized spacial score (nSPS) is 10.8. The molecule has 0 aliphatic carbocycles. The number of nitrogens with zero attached hydrogens (tertiary/aromatic N) is 4. The second-order valence-electron chi connectivity index (χ2n) is 4.10. The Kier molecular flexibility index (Phi) is 4.72. The molecule has 0 aliphatic rings. The van der Waals surface area contributed by atoms with Gasteiger partial charge in [-0.3, -0.25) is 0 Å². The third-order valence-corrected chi connectivity index (χ3v) is 3.52. The summed E-state index contributed by atoms with van der Waals surface area (Å²) >= 11 is 1.66. The molecule has 0 aliphatic heterocycles. The van der Waals surface area contributed by atoms with E-state index in [0.717, 1.165) is 24.0 Å². The Morgan fingerprint density at radius 2 is 2.28 bits per heavy atom. The van der Waals surface area contributed by atoms with Gasteiger partial charge in [-0.25, -0.2) is 4.68 Å². The van der Waals surface area contributed by atoms with Crippen molar-refractivity contribution in [1.29, 1.82) is 0 Å². The highest BCUT2D eigenvalue weighted by molar-refractivity contribution is 7.99. The van der Waals surface area contributed by atoms with Gasteiger partial charge in [0.15, 0.2) is 0 Å². The summed E-state index contributed by atoms with van der Waals surface area (Å²) in [6, 6.07) is 8.54. The number of nitrogens with one attached hydrogen (secondary N) is 1. The van der Waals surface area contributed by atoms with Crippen LogP contribution in [0.25, 0.3) is 0 Å². The maximum absolute atomic E-state index is 3.92. The molecule has 0 fully saturated rings. The van der Waals surface area contributed by atoms with Gasteiger partial charge in [0.2, 0.25) is 5.16 Å². The molecule has 6 heteroatoms. The summed E-state index contributed by atoms with van der Waals surface area (Å²) in [5, 5.41) is 15.6. The number of aromatic nitrogens is 4. The summed E-state index contributed by atoms with van der Waals surface area (Å²) in [6.45, 7) is 3.95. The topological polar surface area (TPSA) is 55.6 Å². The smallest absolute Gasteiger partial charge is 0.209 e. The predicted molar refractivity (Wildman–Crippen MR) is 72.4 cm³/mol. The van der Waals surface area contributed by atoms with Crippen LogP contribution in [0.2, 0.25) is 0 Å². The van der Waals surface area contributed by atoms with E-state index in [-0.39, 0.29) is 0 Å². The quantitative estimate of drug-likeness (QED) is 0.630. The molecule has 1 aromatic carbocycles. The van der Waals surface area contributed by atoms with Crippen LogP contribution in [0.15, 0.2) is 29.4 Å². The van der Waals surface area contributed by atoms with E-state index in [1.165, 1.54) is 11.1 Å². The second kappa shape index (κ2) is 6.51. The summed E-state index contributed by atoms with van der Waals surface area (Å²) in [5.74, 6) is 0.958. The maximum Gasteiger partial charge on any atom is 0.209 e. The first kappa shape index (κ1) is 13.0. The Morgan fingerprint density at radius 1 is 1.39 bits per heavy atom. The second-order valence-corrected chi connectivity index (χ2v) is 5.16. The van der Waals surface area contributed by atoms with E-state index in [9.17, 15) is 0 Å². The first-order chi connectivity index (χ1) is 8.75. The minimum atomic E-state index is 0.854. The number of tetrazole rings is 1. The number of benzene rings is 1. The molecule has 1 aromatic heterocycles. The molecule has 0 saturated carbocycles. The van der Waals surface area contributed by atoms with Crippen molar-refractivity contribution in [2.24, 2.45) is 7.05 Å². The van der Waals surface area contributed by atoms with Crippen molar-refractivity contribution in [2.45, 2.75) is 18.6 Å². The van der Waals surface area contributed by atoms with Crippen LogP contribution in [0.4, 0.5) is 0 Å². The van der Waals surface area contributed by atoms with Gasteiger partial charge in [0, 0.05) is 25.9 Å². The zero-order chi connectivity index (χ0) is 12.8. The SMILES string of the molecule is Cc1cccc(CNCCSc2nnnn2C)c1. The van der Waals surface area contributed by atoms with Crippen LogP contribution in [0.3, 0.4) is 0 Å². The Labute approximate surface area is 111 Å². The van der Waals surface area contributed by atoms with Gasteiger partial charge in [-0.2, -0.15) is 0 Å². The minimum absolute atomic E-state index is 0.854. The summed E-state index contributed by atoms with van der Waals surface area (Å²) in [5.41, 5.74) is 2.62. The van der Waals surface area contributed by atoms with E-state index in [1.807, 2.05) is 7.05 Å². The molecule has 0 amide bonds. The number of rotatable bonds is 6. The van der Waals surface area contributed by atoms with Gasteiger partial charge in [0.25, 0.3) is 0 Å². The fourth-order valence-electron chi connectivity index (χ4n) is 1.61. The summed E-state index contributed by atoms with van der Waals surface area (Å²) < 4.78 is 1.69. The van der Waals surface area contributed by atoms with Crippen molar-refractivity contribution in [2.75, 3.05) is 12.3 Å². The Bertz CT molecular complexity index is 497. The first-order valence-corrected chi connectivity index (χ1v) is 6.85. The first-order valence-electron chi connectivity index (χ1n) is 5.87. The van der Waals surface area contributed by atoms with Crippen molar-refractivity contribution in [3.05, 3.63) is 35.4 Å². The predicted octanol–water partition coefficient (Wildman–Crippen LogP) is 1.40. The van der Waals surface area contributed by atoms with Crippen LogP contribution in [-0.4, -0.2) is 32.5 Å². The standard InChI is InChI=1S/C12H17N5S/c1-10-4-3-5-11(8-10)9-13-6-7-18-12-14-15-16-17(12)2/h3-5,8,13H,6-7,9H2,1-2H3. The molecular formula is C12H17N5S.